The Labute approximate surface area is 400 Å². The molecule has 324 valence electrons. The van der Waals surface area contributed by atoms with Gasteiger partial charge in [0.1, 0.15) is 0 Å². The van der Waals surface area contributed by atoms with Crippen molar-refractivity contribution in [1.82, 2.24) is 0 Å². The van der Waals surface area contributed by atoms with E-state index in [1.54, 1.807) is 0 Å². The van der Waals surface area contributed by atoms with E-state index in [-0.39, 0.29) is 10.8 Å². The molecule has 0 fully saturated rings. The molecule has 0 N–H and O–H groups in total. The largest absolute Gasteiger partial charge is 0.310 e. The summed E-state index contributed by atoms with van der Waals surface area (Å²) in [6.07, 6.45) is 0. The predicted octanol–water partition coefficient (Wildman–Crippen LogP) is 17.5. The molecule has 0 aliphatic heterocycles. The number of anilines is 3. The van der Waals surface area contributed by atoms with Crippen molar-refractivity contribution >= 4 is 17.1 Å². The third-order valence-electron chi connectivity index (χ3n) is 15.7. The smallest absolute Gasteiger partial charge is 0.0714 e. The van der Waals surface area contributed by atoms with E-state index < -0.39 is 5.41 Å². The number of hydrogen-bond donors (Lipinski definition) is 0. The third-order valence-corrected chi connectivity index (χ3v) is 15.7. The molecule has 0 bridgehead atoms. The molecule has 3 aliphatic rings. The highest BCUT2D eigenvalue weighted by atomic mass is 15.1. The lowest BCUT2D eigenvalue weighted by Gasteiger charge is -2.35. The van der Waals surface area contributed by atoms with Gasteiger partial charge in [0, 0.05) is 27.9 Å². The molecule has 0 radical (unpaired) electrons. The molecule has 0 amide bonds. The molecule has 0 heterocycles. The minimum Gasteiger partial charge on any atom is -0.310 e. The highest BCUT2D eigenvalue weighted by molar-refractivity contribution is 6.04. The summed E-state index contributed by atoms with van der Waals surface area (Å²) >= 11 is 0. The lowest BCUT2D eigenvalue weighted by molar-refractivity contribution is 0.639. The van der Waals surface area contributed by atoms with Crippen molar-refractivity contribution in [2.45, 2.75) is 43.9 Å². The van der Waals surface area contributed by atoms with Gasteiger partial charge in [0.2, 0.25) is 0 Å². The fraction of sp³-hybridized carbons (Fsp3) is 0.104. The second-order valence-electron chi connectivity index (χ2n) is 20.0. The second-order valence-corrected chi connectivity index (χ2v) is 20.0. The minimum atomic E-state index is -0.518. The fourth-order valence-corrected chi connectivity index (χ4v) is 12.5. The van der Waals surface area contributed by atoms with Gasteiger partial charge in [-0.3, -0.25) is 0 Å². The molecule has 13 rings (SSSR count). The predicted molar refractivity (Wildman–Crippen MR) is 284 cm³/mol. The van der Waals surface area contributed by atoms with Crippen molar-refractivity contribution in [3.63, 3.8) is 0 Å². The lowest BCUT2D eigenvalue weighted by atomic mass is 9.67. The fourth-order valence-electron chi connectivity index (χ4n) is 12.5. The summed E-state index contributed by atoms with van der Waals surface area (Å²) in [7, 11) is 0. The van der Waals surface area contributed by atoms with Gasteiger partial charge in [0.05, 0.1) is 5.41 Å². The normalized spacial score (nSPS) is 14.8. The molecule has 3 aliphatic carbocycles. The molecule has 10 aromatic carbocycles. The van der Waals surface area contributed by atoms with Gasteiger partial charge in [-0.15, -0.1) is 0 Å². The van der Waals surface area contributed by atoms with Crippen LogP contribution in [0, 0.1) is 0 Å². The van der Waals surface area contributed by atoms with Crippen LogP contribution in [0.3, 0.4) is 0 Å². The molecule has 1 heteroatoms. The zero-order valence-corrected chi connectivity index (χ0v) is 39.0. The van der Waals surface area contributed by atoms with E-state index >= 15 is 0 Å². The summed E-state index contributed by atoms with van der Waals surface area (Å²) in [6.45, 7) is 9.70. The van der Waals surface area contributed by atoms with Gasteiger partial charge in [-0.1, -0.05) is 228 Å². The van der Waals surface area contributed by atoms with E-state index in [0.29, 0.717) is 0 Å². The van der Waals surface area contributed by atoms with Crippen LogP contribution < -0.4 is 4.90 Å². The van der Waals surface area contributed by atoms with Gasteiger partial charge in [0.25, 0.3) is 0 Å². The molecular formula is C67H51N. The quantitative estimate of drug-likeness (QED) is 0.154. The van der Waals surface area contributed by atoms with Gasteiger partial charge in [-0.25, -0.2) is 0 Å². The highest BCUT2D eigenvalue weighted by Crippen LogP contribution is 2.62. The molecule has 0 spiro atoms. The van der Waals surface area contributed by atoms with Crippen molar-refractivity contribution in [3.05, 3.63) is 281 Å². The summed E-state index contributed by atoms with van der Waals surface area (Å²) in [4.78, 5) is 2.50. The Kier molecular flexibility index (Phi) is 8.89. The number of benzene rings is 10. The van der Waals surface area contributed by atoms with Gasteiger partial charge in [-0.05, 0) is 137 Å². The first-order chi connectivity index (χ1) is 33.3. The van der Waals surface area contributed by atoms with Crippen molar-refractivity contribution in [2.75, 3.05) is 4.90 Å². The maximum absolute atomic E-state index is 2.57. The van der Waals surface area contributed by atoms with Gasteiger partial charge < -0.3 is 4.90 Å². The van der Waals surface area contributed by atoms with Gasteiger partial charge in [0.15, 0.2) is 0 Å². The molecule has 68 heavy (non-hydrogen) atoms. The first kappa shape index (κ1) is 40.3. The Morgan fingerprint density at radius 2 is 0.676 bits per heavy atom. The van der Waals surface area contributed by atoms with Crippen LogP contribution >= 0.6 is 0 Å². The molecule has 0 unspecified atom stereocenters. The standard InChI is InChI=1S/C67H51N/c1-65(2)56-31-19-18-30-54(56)63-60(65)43-61-64(62(63)46-23-11-6-12-24-46)55-40-38-50(41-58(55)66(61,3)4)68(49-35-33-45(34-36-49)44-21-9-5-10-22-44)51-37-39-53-52-29-17-20-32-57(52)67(59(53)42-51,47-25-13-7-14-26-47)48-27-15-8-16-28-48/h5-43H,1-4H3. The summed E-state index contributed by atoms with van der Waals surface area (Å²) in [5, 5.41) is 0. The van der Waals surface area contributed by atoms with Crippen molar-refractivity contribution in [3.8, 4) is 55.6 Å². The van der Waals surface area contributed by atoms with E-state index in [4.69, 9.17) is 0 Å². The van der Waals surface area contributed by atoms with Crippen molar-refractivity contribution in [1.29, 1.82) is 0 Å². The third kappa shape index (κ3) is 5.69. The number of hydrogen-bond acceptors (Lipinski definition) is 1. The SMILES string of the molecule is CC1(C)c2ccccc2-c2c1cc1c(c2-c2ccccc2)-c2ccc(N(c3ccc(-c4ccccc4)cc3)c3ccc4c(c3)C(c3ccccc3)(c3ccccc3)c3ccccc3-4)cc2C1(C)C. The second kappa shape index (κ2) is 15.0. The van der Waals surface area contributed by atoms with E-state index in [1.807, 2.05) is 0 Å². The van der Waals surface area contributed by atoms with Gasteiger partial charge in [-0.2, -0.15) is 0 Å². The summed E-state index contributed by atoms with van der Waals surface area (Å²) in [5.74, 6) is 0. The monoisotopic (exact) mass is 869 g/mol. The van der Waals surface area contributed by atoms with E-state index in [0.717, 1.165) is 17.1 Å². The van der Waals surface area contributed by atoms with Crippen LogP contribution in [-0.2, 0) is 16.2 Å². The van der Waals surface area contributed by atoms with Crippen LogP contribution in [0.25, 0.3) is 55.6 Å². The first-order valence-corrected chi connectivity index (χ1v) is 24.1. The number of rotatable bonds is 7. The Morgan fingerprint density at radius 3 is 1.28 bits per heavy atom. The maximum atomic E-state index is 2.57. The van der Waals surface area contributed by atoms with Gasteiger partial charge >= 0.3 is 0 Å². The molecule has 10 aromatic rings. The topological polar surface area (TPSA) is 3.24 Å². The van der Waals surface area contributed by atoms with Crippen LogP contribution in [0.15, 0.2) is 237 Å². The highest BCUT2D eigenvalue weighted by Gasteiger charge is 2.47. The number of nitrogens with zero attached hydrogens (tertiary/aromatic N) is 1. The Morgan fingerprint density at radius 1 is 0.265 bits per heavy atom. The zero-order valence-electron chi connectivity index (χ0n) is 39.0. The minimum absolute atomic E-state index is 0.134. The zero-order chi connectivity index (χ0) is 45.8. The van der Waals surface area contributed by atoms with Crippen LogP contribution in [0.1, 0.15) is 72.2 Å². The summed E-state index contributed by atoms with van der Waals surface area (Å²) in [6, 6.07) is 88.5. The average molecular weight is 870 g/mol. The first-order valence-electron chi connectivity index (χ1n) is 24.1. The van der Waals surface area contributed by atoms with Crippen molar-refractivity contribution in [2.24, 2.45) is 0 Å². The Balaban J connectivity index is 1.05. The van der Waals surface area contributed by atoms with E-state index in [2.05, 4.69) is 269 Å². The summed E-state index contributed by atoms with van der Waals surface area (Å²) in [5.41, 5.74) is 26.1. The molecule has 1 nitrogen and oxygen atoms in total. The molecule has 0 saturated heterocycles. The molecular weight excluding hydrogens is 819 g/mol. The molecule has 0 aromatic heterocycles. The average Bonchev–Trinajstić information content (AvgIpc) is 3.91. The van der Waals surface area contributed by atoms with Crippen molar-refractivity contribution < 1.29 is 0 Å². The maximum Gasteiger partial charge on any atom is 0.0714 e. The molecule has 0 saturated carbocycles. The Hall–Kier alpha value is -8.00. The van der Waals surface area contributed by atoms with Crippen LogP contribution in [-0.4, -0.2) is 0 Å². The molecule has 0 atom stereocenters. The Bertz CT molecular complexity index is 3540. The van der Waals surface area contributed by atoms with E-state index in [1.165, 1.54) is 100 Å². The van der Waals surface area contributed by atoms with Crippen LogP contribution in [0.5, 0.6) is 0 Å². The van der Waals surface area contributed by atoms with Crippen LogP contribution in [0.2, 0.25) is 0 Å². The van der Waals surface area contributed by atoms with E-state index in [9.17, 15) is 0 Å². The lowest BCUT2D eigenvalue weighted by Crippen LogP contribution is -2.28. The number of fused-ring (bicyclic) bond motifs is 9. The van der Waals surface area contributed by atoms with Crippen LogP contribution in [0.4, 0.5) is 17.1 Å². The summed E-state index contributed by atoms with van der Waals surface area (Å²) < 4.78 is 0.